The zero-order valence-electron chi connectivity index (χ0n) is 18.9. The highest BCUT2D eigenvalue weighted by atomic mass is 16.5. The van der Waals surface area contributed by atoms with Crippen LogP contribution in [-0.4, -0.2) is 37.2 Å². The van der Waals surface area contributed by atoms with Gasteiger partial charge < -0.3 is 20.1 Å². The number of hydrogen-bond acceptors (Lipinski definition) is 5. The molecule has 0 saturated heterocycles. The van der Waals surface area contributed by atoms with Crippen molar-refractivity contribution in [2.75, 3.05) is 7.11 Å². The molecule has 1 unspecified atom stereocenters. The van der Waals surface area contributed by atoms with E-state index in [0.717, 1.165) is 31.2 Å². The largest absolute Gasteiger partial charge is 0.469 e. The van der Waals surface area contributed by atoms with Crippen LogP contribution in [0.25, 0.3) is 0 Å². The van der Waals surface area contributed by atoms with Gasteiger partial charge in [0.15, 0.2) is 0 Å². The third kappa shape index (κ3) is 8.23. The smallest absolute Gasteiger partial charge is 0.408 e. The molecule has 7 nitrogen and oxygen atoms in total. The standard InChI is InChI=1S/C24H36N2O5.2H2/c1-4-17(2)22(26-24(29)31-16-18-11-7-5-8-12-18)23(28)25-20(15-21(27)30-3)19-13-9-6-10-14-19;;/h5,7-8,11-12,17,19-20,22H,4,6,9-10,13-16H2,1-3H3,(H,25,28)(H,26,29);2*1H/t17?,20-,22+;;/m1../s1. The lowest BCUT2D eigenvalue weighted by Gasteiger charge is -2.32. The molecule has 1 aliphatic rings. The van der Waals surface area contributed by atoms with Crippen LogP contribution in [0.15, 0.2) is 30.3 Å². The first-order chi connectivity index (χ1) is 14.9. The van der Waals surface area contributed by atoms with E-state index in [9.17, 15) is 14.4 Å². The molecule has 1 saturated carbocycles. The van der Waals surface area contributed by atoms with Crippen LogP contribution in [0.5, 0.6) is 0 Å². The highest BCUT2D eigenvalue weighted by Gasteiger charge is 2.32. The van der Waals surface area contributed by atoms with Crippen LogP contribution < -0.4 is 10.6 Å². The van der Waals surface area contributed by atoms with E-state index >= 15 is 0 Å². The molecule has 176 valence electrons. The number of carbonyl (C=O) groups is 3. The first kappa shape index (κ1) is 24.7. The van der Waals surface area contributed by atoms with Crippen molar-refractivity contribution >= 4 is 18.0 Å². The molecule has 0 spiro atoms. The number of nitrogens with one attached hydrogen (secondary N) is 2. The number of methoxy groups -OCH3 is 1. The zero-order valence-corrected chi connectivity index (χ0v) is 18.9. The van der Waals surface area contributed by atoms with E-state index < -0.39 is 12.1 Å². The molecule has 1 aliphatic carbocycles. The quantitative estimate of drug-likeness (QED) is 0.529. The number of hydrogen-bond donors (Lipinski definition) is 2. The van der Waals surface area contributed by atoms with Crippen molar-refractivity contribution in [1.29, 1.82) is 0 Å². The minimum absolute atomic E-state index is 0. The maximum absolute atomic E-state index is 13.1. The average Bonchev–Trinajstić information content (AvgIpc) is 2.81. The summed E-state index contributed by atoms with van der Waals surface area (Å²) in [6.45, 7) is 4.02. The van der Waals surface area contributed by atoms with Gasteiger partial charge in [-0.3, -0.25) is 9.59 Å². The maximum Gasteiger partial charge on any atom is 0.408 e. The van der Waals surface area contributed by atoms with Gasteiger partial charge >= 0.3 is 12.1 Å². The number of ether oxygens (including phenoxy) is 2. The topological polar surface area (TPSA) is 93.7 Å². The Hall–Kier alpha value is -2.57. The summed E-state index contributed by atoms with van der Waals surface area (Å²) in [6, 6.07) is 8.34. The lowest BCUT2D eigenvalue weighted by Crippen LogP contribution is -2.54. The zero-order chi connectivity index (χ0) is 22.6. The van der Waals surface area contributed by atoms with E-state index in [1.165, 1.54) is 13.5 Å². The highest BCUT2D eigenvalue weighted by Crippen LogP contribution is 2.28. The van der Waals surface area contributed by atoms with Gasteiger partial charge in [-0.25, -0.2) is 4.79 Å². The fourth-order valence-electron chi connectivity index (χ4n) is 4.00. The summed E-state index contributed by atoms with van der Waals surface area (Å²) >= 11 is 0. The Morgan fingerprint density at radius 3 is 2.39 bits per heavy atom. The maximum atomic E-state index is 13.1. The Balaban J connectivity index is 0.00000512. The molecule has 2 rings (SSSR count). The molecule has 3 atom stereocenters. The number of esters is 1. The van der Waals surface area contributed by atoms with Crippen LogP contribution in [0.4, 0.5) is 4.79 Å². The third-order valence-corrected chi connectivity index (χ3v) is 6.14. The summed E-state index contributed by atoms with van der Waals surface area (Å²) in [6.07, 6.45) is 5.53. The molecule has 1 aromatic rings. The minimum atomic E-state index is -0.739. The lowest BCUT2D eigenvalue weighted by atomic mass is 9.82. The van der Waals surface area contributed by atoms with Crippen LogP contribution in [0.3, 0.4) is 0 Å². The molecular formula is C24H40N2O5. The van der Waals surface area contributed by atoms with Crippen molar-refractivity contribution in [2.24, 2.45) is 11.8 Å². The van der Waals surface area contributed by atoms with Crippen LogP contribution in [0.2, 0.25) is 0 Å². The summed E-state index contributed by atoms with van der Waals surface area (Å²) in [7, 11) is 1.36. The first-order valence-corrected chi connectivity index (χ1v) is 11.3. The summed E-state index contributed by atoms with van der Waals surface area (Å²) < 4.78 is 10.1. The van der Waals surface area contributed by atoms with Crippen molar-refractivity contribution in [1.82, 2.24) is 10.6 Å². The van der Waals surface area contributed by atoms with E-state index in [4.69, 9.17) is 9.47 Å². The fourth-order valence-corrected chi connectivity index (χ4v) is 4.00. The predicted octanol–water partition coefficient (Wildman–Crippen LogP) is 4.45. The van der Waals surface area contributed by atoms with E-state index in [1.54, 1.807) is 0 Å². The summed E-state index contributed by atoms with van der Waals surface area (Å²) in [5, 5.41) is 5.76. The van der Waals surface area contributed by atoms with Gasteiger partial charge in [0.25, 0.3) is 0 Å². The molecule has 0 radical (unpaired) electrons. The molecule has 2 amide bonds. The predicted molar refractivity (Wildman–Crippen MR) is 122 cm³/mol. The van der Waals surface area contributed by atoms with Gasteiger partial charge in [-0.1, -0.05) is 69.9 Å². The number of rotatable bonds is 10. The molecular weight excluding hydrogens is 396 g/mol. The number of benzene rings is 1. The SMILES string of the molecule is CCC(C)[C@H](NC(=O)OCc1ccccc1)C(=O)N[C@H](CC(=O)OC)C1CCCCC1.[HH].[HH]. The van der Waals surface area contributed by atoms with Crippen LogP contribution in [0.1, 0.15) is 67.2 Å². The van der Waals surface area contributed by atoms with E-state index in [2.05, 4.69) is 10.6 Å². The Labute approximate surface area is 188 Å². The van der Waals surface area contributed by atoms with Crippen molar-refractivity contribution in [2.45, 2.75) is 77.5 Å². The van der Waals surface area contributed by atoms with Crippen molar-refractivity contribution in [3.8, 4) is 0 Å². The Kier molecular flexibility index (Phi) is 10.3. The Morgan fingerprint density at radius 2 is 1.77 bits per heavy atom. The fraction of sp³-hybridized carbons (Fsp3) is 0.625. The molecule has 0 heterocycles. The molecule has 2 N–H and O–H groups in total. The van der Waals surface area contributed by atoms with Crippen LogP contribution in [0, 0.1) is 11.8 Å². The Bertz CT molecular complexity index is 714. The van der Waals surface area contributed by atoms with Crippen molar-refractivity contribution in [3.63, 3.8) is 0 Å². The molecule has 0 aromatic heterocycles. The van der Waals surface area contributed by atoms with Gasteiger partial charge in [-0.05, 0) is 30.2 Å². The van der Waals surface area contributed by atoms with Crippen molar-refractivity contribution < 1.29 is 26.7 Å². The summed E-state index contributed by atoms with van der Waals surface area (Å²) in [5.41, 5.74) is 0.873. The van der Waals surface area contributed by atoms with Gasteiger partial charge in [-0.15, -0.1) is 0 Å². The molecule has 31 heavy (non-hydrogen) atoms. The lowest BCUT2D eigenvalue weighted by molar-refractivity contribution is -0.142. The minimum Gasteiger partial charge on any atom is -0.469 e. The normalized spacial score (nSPS) is 17.1. The van der Waals surface area contributed by atoms with Gasteiger partial charge in [0, 0.05) is 8.90 Å². The second kappa shape index (κ2) is 13.0. The monoisotopic (exact) mass is 436 g/mol. The van der Waals surface area contributed by atoms with Gasteiger partial charge in [0.2, 0.25) is 5.91 Å². The highest BCUT2D eigenvalue weighted by molar-refractivity contribution is 5.86. The van der Waals surface area contributed by atoms with Crippen LogP contribution >= 0.6 is 0 Å². The van der Waals surface area contributed by atoms with Crippen LogP contribution in [-0.2, 0) is 25.7 Å². The molecule has 0 bridgehead atoms. The molecule has 1 fully saturated rings. The second-order valence-corrected chi connectivity index (χ2v) is 8.36. The third-order valence-electron chi connectivity index (χ3n) is 6.14. The average molecular weight is 437 g/mol. The van der Waals surface area contributed by atoms with Gasteiger partial charge in [0.1, 0.15) is 12.6 Å². The number of amides is 2. The van der Waals surface area contributed by atoms with Gasteiger partial charge in [0.05, 0.1) is 13.5 Å². The first-order valence-electron chi connectivity index (χ1n) is 11.3. The Morgan fingerprint density at radius 1 is 1.10 bits per heavy atom. The van der Waals surface area contributed by atoms with Crippen molar-refractivity contribution in [3.05, 3.63) is 35.9 Å². The molecule has 7 heteroatoms. The number of alkyl carbamates (subject to hydrolysis) is 1. The van der Waals surface area contributed by atoms with E-state index in [-0.39, 0.29) is 45.6 Å². The van der Waals surface area contributed by atoms with E-state index in [1.807, 2.05) is 44.2 Å². The second-order valence-electron chi connectivity index (χ2n) is 8.36. The number of carbonyl (C=O) groups excluding carboxylic acids is 3. The summed E-state index contributed by atoms with van der Waals surface area (Å²) in [4.78, 5) is 37.5. The van der Waals surface area contributed by atoms with Gasteiger partial charge in [-0.2, -0.15) is 0 Å². The molecule has 1 aromatic carbocycles. The molecule has 0 aliphatic heterocycles. The summed E-state index contributed by atoms with van der Waals surface area (Å²) in [5.74, 6) is -0.481. The van der Waals surface area contributed by atoms with E-state index in [0.29, 0.717) is 6.42 Å².